The number of nitrogen functional groups attached to an aromatic ring is 1. The van der Waals surface area contributed by atoms with Crippen molar-refractivity contribution in [3.05, 3.63) is 47.5 Å². The van der Waals surface area contributed by atoms with Crippen molar-refractivity contribution in [3.8, 4) is 5.75 Å². The normalized spacial score (nSPS) is 10.0. The minimum atomic E-state index is 0.641. The van der Waals surface area contributed by atoms with Gasteiger partial charge in [-0.15, -0.1) is 0 Å². The fourth-order valence-corrected chi connectivity index (χ4v) is 1.61. The molecule has 3 N–H and O–H groups in total. The van der Waals surface area contributed by atoms with E-state index >= 15 is 0 Å². The van der Waals surface area contributed by atoms with E-state index in [9.17, 15) is 0 Å². The van der Waals surface area contributed by atoms with Crippen LogP contribution in [-0.2, 0) is 0 Å². The van der Waals surface area contributed by atoms with E-state index in [4.69, 9.17) is 22.1 Å². The number of ether oxygens (including phenoxy) is 1. The van der Waals surface area contributed by atoms with Gasteiger partial charge in [0.2, 0.25) is 0 Å². The van der Waals surface area contributed by atoms with Crippen LogP contribution in [0.1, 0.15) is 0 Å². The molecule has 2 aromatic rings. The average Bonchev–Trinajstić information content (AvgIpc) is 2.35. The van der Waals surface area contributed by atoms with Crippen molar-refractivity contribution in [2.45, 2.75) is 0 Å². The highest BCUT2D eigenvalue weighted by Crippen LogP contribution is 2.29. The maximum absolute atomic E-state index is 6.09. The van der Waals surface area contributed by atoms with Crippen molar-refractivity contribution in [1.82, 2.24) is 0 Å². The monoisotopic (exact) mass is 248 g/mol. The predicted octanol–water partition coefficient (Wildman–Crippen LogP) is 3.67. The average molecular weight is 249 g/mol. The molecular weight excluding hydrogens is 236 g/mol. The van der Waals surface area contributed by atoms with Crippen molar-refractivity contribution < 1.29 is 4.74 Å². The molecule has 0 aliphatic rings. The molecule has 0 aliphatic carbocycles. The number of hydrogen-bond acceptors (Lipinski definition) is 3. The fourth-order valence-electron chi connectivity index (χ4n) is 1.45. The van der Waals surface area contributed by atoms with Crippen LogP contribution in [0.2, 0.25) is 5.02 Å². The van der Waals surface area contributed by atoms with Gasteiger partial charge in [0.25, 0.3) is 0 Å². The molecule has 0 saturated heterocycles. The van der Waals surface area contributed by atoms with Gasteiger partial charge in [0.15, 0.2) is 0 Å². The van der Waals surface area contributed by atoms with Crippen molar-refractivity contribution in [2.24, 2.45) is 0 Å². The second-order valence-corrected chi connectivity index (χ2v) is 4.00. The highest BCUT2D eigenvalue weighted by molar-refractivity contribution is 6.33. The van der Waals surface area contributed by atoms with Gasteiger partial charge in [0.1, 0.15) is 5.75 Å². The Balaban J connectivity index is 2.25. The SMILES string of the molecule is COc1ccc(Cl)c(Nc2ccc(N)cc2)c1. The molecule has 17 heavy (non-hydrogen) atoms. The van der Waals surface area contributed by atoms with Gasteiger partial charge in [-0.3, -0.25) is 0 Å². The molecule has 0 bridgehead atoms. The maximum Gasteiger partial charge on any atom is 0.121 e. The van der Waals surface area contributed by atoms with E-state index in [1.165, 1.54) is 0 Å². The Hall–Kier alpha value is -1.87. The summed E-state index contributed by atoms with van der Waals surface area (Å²) in [6.07, 6.45) is 0. The first kappa shape index (κ1) is 11.6. The summed E-state index contributed by atoms with van der Waals surface area (Å²) in [5.74, 6) is 0.757. The molecule has 2 rings (SSSR count). The lowest BCUT2D eigenvalue weighted by Gasteiger charge is -2.10. The molecule has 0 aliphatic heterocycles. The van der Waals surface area contributed by atoms with Crippen LogP contribution in [0, 0.1) is 0 Å². The van der Waals surface area contributed by atoms with Crippen LogP contribution in [0.15, 0.2) is 42.5 Å². The molecule has 0 atom stereocenters. The molecule has 0 aromatic heterocycles. The van der Waals surface area contributed by atoms with Crippen molar-refractivity contribution in [1.29, 1.82) is 0 Å². The topological polar surface area (TPSA) is 47.3 Å². The Morgan fingerprint density at radius 2 is 1.82 bits per heavy atom. The molecular formula is C13H13ClN2O. The highest BCUT2D eigenvalue weighted by Gasteiger charge is 2.02. The smallest absolute Gasteiger partial charge is 0.121 e. The quantitative estimate of drug-likeness (QED) is 0.815. The van der Waals surface area contributed by atoms with Crippen LogP contribution < -0.4 is 15.8 Å². The lowest BCUT2D eigenvalue weighted by molar-refractivity contribution is 0.415. The zero-order valence-electron chi connectivity index (χ0n) is 9.41. The molecule has 2 aromatic carbocycles. The van der Waals surface area contributed by atoms with Crippen LogP contribution in [-0.4, -0.2) is 7.11 Å². The first-order valence-corrected chi connectivity index (χ1v) is 5.53. The summed E-state index contributed by atoms with van der Waals surface area (Å²) >= 11 is 6.09. The van der Waals surface area contributed by atoms with Crippen molar-refractivity contribution in [3.63, 3.8) is 0 Å². The molecule has 88 valence electrons. The second kappa shape index (κ2) is 4.97. The van der Waals surface area contributed by atoms with E-state index in [-0.39, 0.29) is 0 Å². The van der Waals surface area contributed by atoms with Crippen molar-refractivity contribution >= 4 is 28.7 Å². The van der Waals surface area contributed by atoms with Gasteiger partial charge in [-0.25, -0.2) is 0 Å². The van der Waals surface area contributed by atoms with Gasteiger partial charge >= 0.3 is 0 Å². The minimum absolute atomic E-state index is 0.641. The van der Waals surface area contributed by atoms with E-state index < -0.39 is 0 Å². The number of benzene rings is 2. The van der Waals surface area contributed by atoms with Gasteiger partial charge < -0.3 is 15.8 Å². The van der Waals surface area contributed by atoms with Crippen LogP contribution in [0.4, 0.5) is 17.1 Å². The van der Waals surface area contributed by atoms with Gasteiger partial charge in [-0.2, -0.15) is 0 Å². The number of halogens is 1. The summed E-state index contributed by atoms with van der Waals surface area (Å²) in [4.78, 5) is 0. The molecule has 0 fully saturated rings. The first-order chi connectivity index (χ1) is 8.19. The molecule has 4 heteroatoms. The Morgan fingerprint density at radius 3 is 2.47 bits per heavy atom. The molecule has 0 amide bonds. The third-order valence-corrected chi connectivity index (χ3v) is 2.69. The Kier molecular flexibility index (Phi) is 3.40. The van der Waals surface area contributed by atoms with E-state index in [2.05, 4.69) is 5.32 Å². The van der Waals surface area contributed by atoms with Crippen LogP contribution in [0.5, 0.6) is 5.75 Å². The zero-order chi connectivity index (χ0) is 12.3. The number of nitrogens with two attached hydrogens (primary N) is 1. The van der Waals surface area contributed by atoms with Crippen LogP contribution in [0.25, 0.3) is 0 Å². The van der Waals surface area contributed by atoms with Crippen LogP contribution >= 0.6 is 11.6 Å². The third kappa shape index (κ3) is 2.82. The summed E-state index contributed by atoms with van der Waals surface area (Å²) in [7, 11) is 1.62. The van der Waals surface area contributed by atoms with E-state index in [0.29, 0.717) is 5.02 Å². The van der Waals surface area contributed by atoms with Gasteiger partial charge in [0, 0.05) is 17.4 Å². The molecule has 0 unspecified atom stereocenters. The van der Waals surface area contributed by atoms with E-state index in [1.54, 1.807) is 13.2 Å². The molecule has 0 heterocycles. The Labute approximate surface area is 105 Å². The lowest BCUT2D eigenvalue weighted by Crippen LogP contribution is -1.93. The number of anilines is 3. The second-order valence-electron chi connectivity index (χ2n) is 3.59. The van der Waals surface area contributed by atoms with Crippen LogP contribution in [0.3, 0.4) is 0 Å². The van der Waals surface area contributed by atoms with E-state index in [0.717, 1.165) is 22.8 Å². The van der Waals surface area contributed by atoms with E-state index in [1.807, 2.05) is 36.4 Å². The zero-order valence-corrected chi connectivity index (χ0v) is 10.2. The first-order valence-electron chi connectivity index (χ1n) is 5.15. The summed E-state index contributed by atoms with van der Waals surface area (Å²) in [6.45, 7) is 0. The van der Waals surface area contributed by atoms with Gasteiger partial charge in [-0.05, 0) is 36.4 Å². The molecule has 0 saturated carbocycles. The third-order valence-electron chi connectivity index (χ3n) is 2.36. The lowest BCUT2D eigenvalue weighted by atomic mass is 10.2. The predicted molar refractivity (Wildman–Crippen MR) is 72.1 cm³/mol. The fraction of sp³-hybridized carbons (Fsp3) is 0.0769. The molecule has 0 spiro atoms. The maximum atomic E-state index is 6.09. The van der Waals surface area contributed by atoms with Crippen molar-refractivity contribution in [2.75, 3.05) is 18.2 Å². The molecule has 3 nitrogen and oxygen atoms in total. The number of methoxy groups -OCH3 is 1. The Morgan fingerprint density at radius 1 is 1.12 bits per heavy atom. The summed E-state index contributed by atoms with van der Waals surface area (Å²) in [5, 5.41) is 3.85. The van der Waals surface area contributed by atoms with Gasteiger partial charge in [0.05, 0.1) is 17.8 Å². The Bertz CT molecular complexity index is 511. The summed E-state index contributed by atoms with van der Waals surface area (Å²) in [5.41, 5.74) is 8.08. The largest absolute Gasteiger partial charge is 0.497 e. The highest BCUT2D eigenvalue weighted by atomic mass is 35.5. The summed E-state index contributed by atoms with van der Waals surface area (Å²) in [6, 6.07) is 12.9. The minimum Gasteiger partial charge on any atom is -0.497 e. The van der Waals surface area contributed by atoms with Gasteiger partial charge in [-0.1, -0.05) is 11.6 Å². The number of nitrogens with one attached hydrogen (secondary N) is 1. The molecule has 0 radical (unpaired) electrons. The number of hydrogen-bond donors (Lipinski definition) is 2. The number of rotatable bonds is 3. The summed E-state index contributed by atoms with van der Waals surface area (Å²) < 4.78 is 5.15. The standard InChI is InChI=1S/C13H13ClN2O/c1-17-11-6-7-12(14)13(8-11)16-10-4-2-9(15)3-5-10/h2-8,16H,15H2,1H3.